The van der Waals surface area contributed by atoms with Crippen LogP contribution in [0.15, 0.2) is 36.7 Å². The summed E-state index contributed by atoms with van der Waals surface area (Å²) < 4.78 is 3.91. The van der Waals surface area contributed by atoms with Crippen molar-refractivity contribution in [2.45, 2.75) is 64.7 Å². The van der Waals surface area contributed by atoms with Gasteiger partial charge in [-0.15, -0.1) is 109 Å². The number of hydrogen-bond acceptors (Lipinski definition) is 10. The molecular weight excluding hydrogens is 836 g/mol. The van der Waals surface area contributed by atoms with E-state index in [-0.39, 0.29) is 99.3 Å². The molecule has 1 aromatic carbocycles. The summed E-state index contributed by atoms with van der Waals surface area (Å²) >= 11 is 0. The summed E-state index contributed by atoms with van der Waals surface area (Å²) in [5, 5.41) is 32.1. The highest BCUT2D eigenvalue weighted by molar-refractivity contribution is 5.86. The van der Waals surface area contributed by atoms with Gasteiger partial charge in [0.15, 0.2) is 0 Å². The molecule has 0 saturated carbocycles. The molecule has 2 aliphatic heterocycles. The van der Waals surface area contributed by atoms with E-state index in [1.54, 1.807) is 0 Å². The van der Waals surface area contributed by atoms with Gasteiger partial charge >= 0.3 is 0 Å². The average molecular weight is 899 g/mol. The summed E-state index contributed by atoms with van der Waals surface area (Å²) in [6.07, 6.45) is 11.3. The molecule has 4 heterocycles. The summed E-state index contributed by atoms with van der Waals surface area (Å²) in [6, 6.07) is 8.74. The SMILES string of the molecule is Cl.Cl.Cl.Cl.Cl.Cl.Cl.Cl.c1cc(Cn2cc(CN3CCCNCCCNCCC3)nn2)ccc1Cn1cc(CN2CCCNCCCNCCC2)nn1. The van der Waals surface area contributed by atoms with Crippen LogP contribution in [-0.4, -0.2) is 118 Å². The second kappa shape index (κ2) is 35.0. The molecule has 5 rings (SSSR count). The first-order valence-electron chi connectivity index (χ1n) is 16.9. The van der Waals surface area contributed by atoms with E-state index in [0.29, 0.717) is 0 Å². The van der Waals surface area contributed by atoms with Crippen molar-refractivity contribution >= 4 is 99.3 Å². The lowest BCUT2D eigenvalue weighted by atomic mass is 10.1. The molecule has 20 heteroatoms. The molecular formula is C32H62Cl8N12. The summed E-state index contributed by atoms with van der Waals surface area (Å²) in [5.41, 5.74) is 4.51. The van der Waals surface area contributed by atoms with E-state index < -0.39 is 0 Å². The third-order valence-corrected chi connectivity index (χ3v) is 8.38. The molecule has 0 atom stereocenters. The Balaban J connectivity index is -0.00000144. The van der Waals surface area contributed by atoms with Gasteiger partial charge in [-0.05, 0) is 128 Å². The first-order chi connectivity index (χ1) is 21.8. The van der Waals surface area contributed by atoms with Crippen LogP contribution in [0.3, 0.4) is 0 Å². The predicted octanol–water partition coefficient (Wildman–Crippen LogP) is 4.67. The lowest BCUT2D eigenvalue weighted by Crippen LogP contribution is -2.32. The van der Waals surface area contributed by atoms with Gasteiger partial charge in [-0.25, -0.2) is 9.36 Å². The fourth-order valence-electron chi connectivity index (χ4n) is 5.99. The Hall–Kier alpha value is -0.420. The number of nitrogens with one attached hydrogen (secondary N) is 4. The Labute approximate surface area is 360 Å². The minimum absolute atomic E-state index is 0. The van der Waals surface area contributed by atoms with E-state index in [9.17, 15) is 0 Å². The van der Waals surface area contributed by atoms with Crippen LogP contribution in [0.1, 0.15) is 61.0 Å². The van der Waals surface area contributed by atoms with Crippen LogP contribution < -0.4 is 21.3 Å². The molecule has 2 saturated heterocycles. The lowest BCUT2D eigenvalue weighted by Gasteiger charge is -2.22. The highest BCUT2D eigenvalue weighted by Crippen LogP contribution is 2.10. The quantitative estimate of drug-likeness (QED) is 0.255. The number of nitrogens with zero attached hydrogens (tertiary/aromatic N) is 8. The summed E-state index contributed by atoms with van der Waals surface area (Å²) in [5.74, 6) is 0. The van der Waals surface area contributed by atoms with Gasteiger partial charge in [0.2, 0.25) is 0 Å². The standard InChI is InChI=1S/C32H54N12.8ClH/c1-11-33-15-3-19-41(20-4-16-34-12-1)25-31-27-43(39-37-31)23-29-7-9-30(10-8-29)24-44-28-32(38-40-44)26-42-21-5-17-35-13-2-14-36-18-6-22-42;;;;;;;;/h7-10,27-28,33-36H,1-6,11-26H2;8*1H. The third kappa shape index (κ3) is 22.8. The van der Waals surface area contributed by atoms with E-state index in [2.05, 4.69) is 88.4 Å². The molecule has 0 bridgehead atoms. The van der Waals surface area contributed by atoms with Crippen molar-refractivity contribution in [3.8, 4) is 0 Å². The highest BCUT2D eigenvalue weighted by Gasteiger charge is 2.12. The zero-order valence-electron chi connectivity index (χ0n) is 29.9. The molecule has 2 fully saturated rings. The summed E-state index contributed by atoms with van der Waals surface area (Å²) in [6.45, 7) is 16.2. The van der Waals surface area contributed by atoms with E-state index in [1.165, 1.54) is 24.0 Å². The van der Waals surface area contributed by atoms with Crippen molar-refractivity contribution in [1.82, 2.24) is 61.1 Å². The van der Waals surface area contributed by atoms with Crippen LogP contribution in [-0.2, 0) is 26.2 Å². The van der Waals surface area contributed by atoms with Crippen molar-refractivity contribution in [3.63, 3.8) is 0 Å². The fraction of sp³-hybridized carbons (Fsp3) is 0.688. The van der Waals surface area contributed by atoms with E-state index in [1.807, 2.05) is 9.36 Å². The molecule has 4 N–H and O–H groups in total. The van der Waals surface area contributed by atoms with Crippen LogP contribution in [0.5, 0.6) is 0 Å². The Kier molecular flexibility index (Phi) is 39.3. The lowest BCUT2D eigenvalue weighted by molar-refractivity contribution is 0.252. The van der Waals surface area contributed by atoms with Crippen LogP contribution in [0.4, 0.5) is 0 Å². The second-order valence-electron chi connectivity index (χ2n) is 12.3. The zero-order chi connectivity index (χ0) is 30.1. The molecule has 306 valence electrons. The molecule has 2 aliphatic rings. The first-order valence-corrected chi connectivity index (χ1v) is 16.9. The van der Waals surface area contributed by atoms with Crippen LogP contribution in [0, 0.1) is 0 Å². The van der Waals surface area contributed by atoms with Crippen molar-refractivity contribution < 1.29 is 0 Å². The Morgan fingerprint density at radius 3 is 1.00 bits per heavy atom. The monoisotopic (exact) mass is 894 g/mol. The number of aromatic nitrogens is 6. The molecule has 52 heavy (non-hydrogen) atoms. The number of benzene rings is 1. The number of halogens is 8. The molecule has 0 spiro atoms. The Morgan fingerprint density at radius 1 is 0.404 bits per heavy atom. The molecule has 12 nitrogen and oxygen atoms in total. The van der Waals surface area contributed by atoms with E-state index >= 15 is 0 Å². The molecule has 0 radical (unpaired) electrons. The maximum Gasteiger partial charge on any atom is 0.0967 e. The molecule has 0 unspecified atom stereocenters. The van der Waals surface area contributed by atoms with Gasteiger partial charge in [0.1, 0.15) is 0 Å². The van der Waals surface area contributed by atoms with Crippen molar-refractivity contribution in [2.24, 2.45) is 0 Å². The predicted molar refractivity (Wildman–Crippen MR) is 232 cm³/mol. The maximum absolute atomic E-state index is 4.49. The van der Waals surface area contributed by atoms with Gasteiger partial charge in [0, 0.05) is 13.1 Å². The van der Waals surface area contributed by atoms with E-state index in [4.69, 9.17) is 0 Å². The van der Waals surface area contributed by atoms with Gasteiger partial charge in [0.05, 0.1) is 36.9 Å². The second-order valence-corrected chi connectivity index (χ2v) is 12.3. The molecule has 3 aromatic rings. The first kappa shape index (κ1) is 58.3. The van der Waals surface area contributed by atoms with Crippen LogP contribution in [0.2, 0.25) is 0 Å². The number of hydrogen-bond donors (Lipinski definition) is 4. The molecule has 0 aliphatic carbocycles. The largest absolute Gasteiger partial charge is 0.317 e. The van der Waals surface area contributed by atoms with Gasteiger partial charge in [-0.1, -0.05) is 34.7 Å². The van der Waals surface area contributed by atoms with Gasteiger partial charge < -0.3 is 21.3 Å². The zero-order valence-corrected chi connectivity index (χ0v) is 36.4. The third-order valence-electron chi connectivity index (χ3n) is 8.38. The maximum atomic E-state index is 4.49. The minimum Gasteiger partial charge on any atom is -0.317 e. The normalized spacial score (nSPS) is 16.8. The summed E-state index contributed by atoms with van der Waals surface area (Å²) in [4.78, 5) is 5.02. The Bertz CT molecular complexity index is 1090. The van der Waals surface area contributed by atoms with Crippen LogP contribution in [0.25, 0.3) is 0 Å². The van der Waals surface area contributed by atoms with Crippen molar-refractivity contribution in [3.05, 3.63) is 59.2 Å². The smallest absolute Gasteiger partial charge is 0.0967 e. The highest BCUT2D eigenvalue weighted by atomic mass is 35.5. The van der Waals surface area contributed by atoms with Crippen molar-refractivity contribution in [2.75, 3.05) is 78.5 Å². The Morgan fingerprint density at radius 2 is 0.692 bits per heavy atom. The number of rotatable bonds is 8. The van der Waals surface area contributed by atoms with Crippen LogP contribution >= 0.6 is 99.3 Å². The van der Waals surface area contributed by atoms with Crippen molar-refractivity contribution in [1.29, 1.82) is 0 Å². The molecule has 2 aromatic heterocycles. The fourth-order valence-corrected chi connectivity index (χ4v) is 5.99. The van der Waals surface area contributed by atoms with Gasteiger partial charge in [-0.3, -0.25) is 9.80 Å². The topological polar surface area (TPSA) is 116 Å². The average Bonchev–Trinajstić information content (AvgIpc) is 3.65. The van der Waals surface area contributed by atoms with Gasteiger partial charge in [0.25, 0.3) is 0 Å². The van der Waals surface area contributed by atoms with E-state index in [0.717, 1.165) is 142 Å². The van der Waals surface area contributed by atoms with Gasteiger partial charge in [-0.2, -0.15) is 0 Å². The summed E-state index contributed by atoms with van der Waals surface area (Å²) in [7, 11) is 0. The molecule has 0 amide bonds. The minimum atomic E-state index is 0.